The van der Waals surface area contributed by atoms with E-state index in [4.69, 9.17) is 0 Å². The minimum Gasteiger partial charge on any atom is -0.326 e. The summed E-state index contributed by atoms with van der Waals surface area (Å²) in [6.07, 6.45) is -4.75. The molecule has 0 aliphatic rings. The van der Waals surface area contributed by atoms with Gasteiger partial charge in [0, 0.05) is 17.0 Å². The molecule has 0 fully saturated rings. The van der Waals surface area contributed by atoms with Crippen molar-refractivity contribution in [3.63, 3.8) is 0 Å². The molecule has 2 rings (SSSR count). The van der Waals surface area contributed by atoms with Crippen molar-refractivity contribution >= 4 is 23.2 Å². The number of nitrogens with one attached hydrogen (secondary N) is 2. The van der Waals surface area contributed by atoms with Crippen LogP contribution in [-0.2, 0) is 11.0 Å². The van der Waals surface area contributed by atoms with Gasteiger partial charge in [0.05, 0.1) is 12.0 Å². The predicted octanol–water partition coefficient (Wildman–Crippen LogP) is 3.98. The molecule has 2 aromatic carbocycles. The molecular formula is C18H15F4N3O2. The number of hydrogen-bond acceptors (Lipinski definition) is 3. The van der Waals surface area contributed by atoms with Gasteiger partial charge in [0.15, 0.2) is 0 Å². The highest BCUT2D eigenvalue weighted by molar-refractivity contribution is 6.06. The first kappa shape index (κ1) is 20.1. The number of hydrazone groups is 1. The Kier molecular flexibility index (Phi) is 6.27. The first-order chi connectivity index (χ1) is 12.6. The number of carbonyl (C=O) groups is 2. The fourth-order valence-corrected chi connectivity index (χ4v) is 2.06. The lowest BCUT2D eigenvalue weighted by Crippen LogP contribution is -2.21. The molecular weight excluding hydrogens is 366 g/mol. The van der Waals surface area contributed by atoms with Crippen LogP contribution in [0.25, 0.3) is 0 Å². The Bertz CT molecular complexity index is 862. The number of alkyl halides is 3. The second-order valence-electron chi connectivity index (χ2n) is 5.60. The van der Waals surface area contributed by atoms with Gasteiger partial charge in [0.2, 0.25) is 5.91 Å². The average Bonchev–Trinajstić information content (AvgIpc) is 2.59. The van der Waals surface area contributed by atoms with Crippen molar-refractivity contribution in [1.82, 2.24) is 5.43 Å². The maximum absolute atomic E-state index is 12.8. The van der Waals surface area contributed by atoms with Gasteiger partial charge in [0.25, 0.3) is 5.91 Å². The number of anilines is 1. The number of benzene rings is 2. The van der Waals surface area contributed by atoms with Crippen LogP contribution in [0.15, 0.2) is 53.6 Å². The van der Waals surface area contributed by atoms with E-state index in [2.05, 4.69) is 15.8 Å². The van der Waals surface area contributed by atoms with Gasteiger partial charge in [-0.1, -0.05) is 6.07 Å². The molecule has 2 amide bonds. The van der Waals surface area contributed by atoms with Crippen LogP contribution in [0.3, 0.4) is 0 Å². The van der Waals surface area contributed by atoms with E-state index in [1.54, 1.807) is 0 Å². The van der Waals surface area contributed by atoms with Gasteiger partial charge in [-0.25, -0.2) is 9.82 Å². The number of nitrogens with zero attached hydrogens (tertiary/aromatic N) is 1. The Labute approximate surface area is 152 Å². The number of hydrogen-bond donors (Lipinski definition) is 2. The zero-order valence-corrected chi connectivity index (χ0v) is 14.1. The average molecular weight is 381 g/mol. The molecule has 27 heavy (non-hydrogen) atoms. The van der Waals surface area contributed by atoms with Crippen LogP contribution in [0.1, 0.15) is 29.3 Å². The van der Waals surface area contributed by atoms with Crippen molar-refractivity contribution in [2.24, 2.45) is 5.10 Å². The Morgan fingerprint density at radius 1 is 1.07 bits per heavy atom. The summed E-state index contributed by atoms with van der Waals surface area (Å²) in [4.78, 5) is 23.7. The number of carbonyl (C=O) groups excluding carboxylic acids is 2. The molecule has 9 heteroatoms. The number of rotatable bonds is 5. The van der Waals surface area contributed by atoms with Gasteiger partial charge in [0.1, 0.15) is 5.82 Å². The van der Waals surface area contributed by atoms with E-state index in [0.717, 1.165) is 24.3 Å². The SMILES string of the molecule is C/C(CC(=O)Nc1cccc(C(F)(F)F)c1)=N\NC(=O)c1ccc(F)cc1. The van der Waals surface area contributed by atoms with Crippen molar-refractivity contribution in [2.45, 2.75) is 19.5 Å². The van der Waals surface area contributed by atoms with Crippen molar-refractivity contribution < 1.29 is 27.2 Å². The third-order valence-corrected chi connectivity index (χ3v) is 3.34. The molecule has 0 aromatic heterocycles. The van der Waals surface area contributed by atoms with E-state index < -0.39 is 29.4 Å². The first-order valence-electron chi connectivity index (χ1n) is 7.71. The van der Waals surface area contributed by atoms with Gasteiger partial charge in [-0.15, -0.1) is 0 Å². The third-order valence-electron chi connectivity index (χ3n) is 3.34. The third kappa shape index (κ3) is 6.21. The molecule has 0 aliphatic heterocycles. The summed E-state index contributed by atoms with van der Waals surface area (Å²) >= 11 is 0. The molecule has 0 saturated carbocycles. The van der Waals surface area contributed by atoms with Crippen LogP contribution in [-0.4, -0.2) is 17.5 Å². The maximum Gasteiger partial charge on any atom is 0.416 e. The fraction of sp³-hybridized carbons (Fsp3) is 0.167. The van der Waals surface area contributed by atoms with Gasteiger partial charge < -0.3 is 5.32 Å². The molecule has 0 spiro atoms. The summed E-state index contributed by atoms with van der Waals surface area (Å²) in [7, 11) is 0. The normalized spacial score (nSPS) is 11.8. The fourth-order valence-electron chi connectivity index (χ4n) is 2.06. The van der Waals surface area contributed by atoms with Crippen molar-refractivity contribution in [3.8, 4) is 0 Å². The van der Waals surface area contributed by atoms with E-state index in [0.29, 0.717) is 0 Å². The summed E-state index contributed by atoms with van der Waals surface area (Å²) in [6, 6.07) is 9.01. The zero-order chi connectivity index (χ0) is 20.0. The summed E-state index contributed by atoms with van der Waals surface area (Å²) in [5, 5.41) is 6.08. The quantitative estimate of drug-likeness (QED) is 0.467. The molecule has 0 unspecified atom stereocenters. The molecule has 2 aromatic rings. The Hall–Kier alpha value is -3.23. The largest absolute Gasteiger partial charge is 0.416 e. The van der Waals surface area contributed by atoms with E-state index in [1.807, 2.05) is 0 Å². The lowest BCUT2D eigenvalue weighted by Gasteiger charge is -2.10. The van der Waals surface area contributed by atoms with E-state index >= 15 is 0 Å². The summed E-state index contributed by atoms with van der Waals surface area (Å²) < 4.78 is 50.8. The molecule has 0 heterocycles. The molecule has 0 saturated heterocycles. The minimum atomic E-state index is -4.51. The topological polar surface area (TPSA) is 70.6 Å². The summed E-state index contributed by atoms with van der Waals surface area (Å²) in [6.45, 7) is 1.47. The van der Waals surface area contributed by atoms with Gasteiger partial charge >= 0.3 is 6.18 Å². The monoisotopic (exact) mass is 381 g/mol. The zero-order valence-electron chi connectivity index (χ0n) is 14.1. The van der Waals surface area contributed by atoms with Crippen molar-refractivity contribution in [3.05, 3.63) is 65.5 Å². The highest BCUT2D eigenvalue weighted by atomic mass is 19.4. The van der Waals surface area contributed by atoms with Gasteiger partial charge in [-0.05, 0) is 49.4 Å². The Balaban J connectivity index is 1.92. The van der Waals surface area contributed by atoms with Gasteiger partial charge in [-0.3, -0.25) is 9.59 Å². The van der Waals surface area contributed by atoms with Crippen molar-refractivity contribution in [1.29, 1.82) is 0 Å². The molecule has 0 bridgehead atoms. The van der Waals surface area contributed by atoms with E-state index in [9.17, 15) is 27.2 Å². The summed E-state index contributed by atoms with van der Waals surface area (Å²) in [5.41, 5.74) is 1.75. The van der Waals surface area contributed by atoms with E-state index in [1.165, 1.54) is 31.2 Å². The molecule has 0 radical (unpaired) electrons. The maximum atomic E-state index is 12.8. The van der Waals surface area contributed by atoms with Gasteiger partial charge in [-0.2, -0.15) is 18.3 Å². The summed E-state index contributed by atoms with van der Waals surface area (Å²) in [5.74, 6) is -1.67. The standard InChI is InChI=1S/C18H15F4N3O2/c1-11(24-25-17(27)12-5-7-14(19)8-6-12)9-16(26)23-15-4-2-3-13(10-15)18(20,21)22/h2-8,10H,9H2,1H3,(H,23,26)(H,25,27)/b24-11+. The smallest absolute Gasteiger partial charge is 0.326 e. The van der Waals surface area contributed by atoms with Crippen LogP contribution in [0.4, 0.5) is 23.2 Å². The molecule has 142 valence electrons. The van der Waals surface area contributed by atoms with Crippen molar-refractivity contribution in [2.75, 3.05) is 5.32 Å². The minimum absolute atomic E-state index is 0.00188. The second-order valence-corrected chi connectivity index (χ2v) is 5.60. The lowest BCUT2D eigenvalue weighted by molar-refractivity contribution is -0.137. The number of halogens is 4. The van der Waals surface area contributed by atoms with Crippen LogP contribution in [0.5, 0.6) is 0 Å². The molecule has 0 aliphatic carbocycles. The highest BCUT2D eigenvalue weighted by Gasteiger charge is 2.30. The Morgan fingerprint density at radius 2 is 1.74 bits per heavy atom. The van der Waals surface area contributed by atoms with Crippen LogP contribution >= 0.6 is 0 Å². The van der Waals surface area contributed by atoms with Crippen LogP contribution in [0.2, 0.25) is 0 Å². The van der Waals surface area contributed by atoms with Crippen LogP contribution < -0.4 is 10.7 Å². The first-order valence-corrected chi connectivity index (χ1v) is 7.71. The number of amides is 2. The lowest BCUT2D eigenvalue weighted by atomic mass is 10.2. The van der Waals surface area contributed by atoms with E-state index in [-0.39, 0.29) is 23.4 Å². The predicted molar refractivity (Wildman–Crippen MR) is 91.7 cm³/mol. The molecule has 5 nitrogen and oxygen atoms in total. The highest BCUT2D eigenvalue weighted by Crippen LogP contribution is 2.30. The Morgan fingerprint density at radius 3 is 2.37 bits per heavy atom. The molecule has 0 atom stereocenters. The second kappa shape index (κ2) is 8.43. The van der Waals surface area contributed by atoms with Crippen LogP contribution in [0, 0.1) is 5.82 Å². The molecule has 2 N–H and O–H groups in total.